The fourth-order valence-electron chi connectivity index (χ4n) is 1.68. The van der Waals surface area contributed by atoms with E-state index in [1.807, 2.05) is 0 Å². The number of carbonyl (C=O) groups excluding carboxylic acids is 2. The number of nitrogens with one attached hydrogen (secondary N) is 2. The Bertz CT molecular complexity index is 695. The highest BCUT2D eigenvalue weighted by Gasteiger charge is 2.08. The van der Waals surface area contributed by atoms with Crippen molar-refractivity contribution < 1.29 is 14.0 Å². The van der Waals surface area contributed by atoms with Gasteiger partial charge < -0.3 is 0 Å². The van der Waals surface area contributed by atoms with E-state index in [1.54, 1.807) is 42.5 Å². The SMILES string of the molecule is O=C(CCSc1ccccc1F)NNC(=O)c1ccc(Cl)cc1. The van der Waals surface area contributed by atoms with E-state index in [-0.39, 0.29) is 18.1 Å². The van der Waals surface area contributed by atoms with Gasteiger partial charge in [0.1, 0.15) is 5.82 Å². The van der Waals surface area contributed by atoms with Crippen LogP contribution in [0.3, 0.4) is 0 Å². The van der Waals surface area contributed by atoms with E-state index < -0.39 is 5.91 Å². The lowest BCUT2D eigenvalue weighted by molar-refractivity contribution is -0.121. The molecule has 2 aromatic rings. The molecule has 0 aliphatic rings. The number of thioether (sulfide) groups is 1. The second-order valence-corrected chi connectivity index (χ2v) is 6.11. The highest BCUT2D eigenvalue weighted by atomic mass is 35.5. The Labute approximate surface area is 142 Å². The predicted molar refractivity (Wildman–Crippen MR) is 88.8 cm³/mol. The molecule has 7 heteroatoms. The Morgan fingerprint density at radius 1 is 1.04 bits per heavy atom. The molecule has 23 heavy (non-hydrogen) atoms. The molecular weight excluding hydrogens is 339 g/mol. The molecule has 4 nitrogen and oxygen atoms in total. The van der Waals surface area contributed by atoms with Crippen molar-refractivity contribution in [3.63, 3.8) is 0 Å². The molecule has 0 aliphatic heterocycles. The molecule has 0 heterocycles. The summed E-state index contributed by atoms with van der Waals surface area (Å²) in [6.45, 7) is 0. The van der Waals surface area contributed by atoms with Crippen molar-refractivity contribution in [2.75, 3.05) is 5.75 Å². The third-order valence-corrected chi connectivity index (χ3v) is 4.15. The highest BCUT2D eigenvalue weighted by Crippen LogP contribution is 2.21. The van der Waals surface area contributed by atoms with Crippen LogP contribution >= 0.6 is 23.4 Å². The molecule has 0 saturated carbocycles. The summed E-state index contributed by atoms with van der Waals surface area (Å²) in [5.74, 6) is -0.689. The summed E-state index contributed by atoms with van der Waals surface area (Å²) in [6.07, 6.45) is 0.153. The average molecular weight is 353 g/mol. The van der Waals surface area contributed by atoms with Crippen LogP contribution in [0.1, 0.15) is 16.8 Å². The van der Waals surface area contributed by atoms with Crippen molar-refractivity contribution in [1.29, 1.82) is 0 Å². The fraction of sp³-hybridized carbons (Fsp3) is 0.125. The summed E-state index contributed by atoms with van der Waals surface area (Å²) in [4.78, 5) is 23.9. The molecular formula is C16H14ClFN2O2S. The zero-order chi connectivity index (χ0) is 16.7. The maximum absolute atomic E-state index is 13.4. The Morgan fingerprint density at radius 2 is 1.74 bits per heavy atom. The third-order valence-electron chi connectivity index (χ3n) is 2.85. The van der Waals surface area contributed by atoms with E-state index in [9.17, 15) is 14.0 Å². The lowest BCUT2D eigenvalue weighted by atomic mass is 10.2. The van der Waals surface area contributed by atoms with Gasteiger partial charge in [-0.25, -0.2) is 4.39 Å². The van der Waals surface area contributed by atoms with Crippen molar-refractivity contribution in [2.24, 2.45) is 0 Å². The third kappa shape index (κ3) is 5.58. The minimum absolute atomic E-state index is 0.153. The summed E-state index contributed by atoms with van der Waals surface area (Å²) < 4.78 is 13.4. The first-order valence-electron chi connectivity index (χ1n) is 6.78. The predicted octanol–water partition coefficient (Wildman–Crippen LogP) is 3.42. The largest absolute Gasteiger partial charge is 0.273 e. The lowest BCUT2D eigenvalue weighted by Crippen LogP contribution is -2.41. The van der Waals surface area contributed by atoms with Crippen LogP contribution in [0.2, 0.25) is 5.02 Å². The fourth-order valence-corrected chi connectivity index (χ4v) is 2.69. The maximum Gasteiger partial charge on any atom is 0.269 e. The first-order chi connectivity index (χ1) is 11.1. The molecule has 0 bridgehead atoms. The van der Waals surface area contributed by atoms with Gasteiger partial charge in [0, 0.05) is 27.7 Å². The Kier molecular flexibility index (Phi) is 6.43. The van der Waals surface area contributed by atoms with Crippen molar-refractivity contribution in [3.05, 3.63) is 64.9 Å². The maximum atomic E-state index is 13.4. The van der Waals surface area contributed by atoms with Gasteiger partial charge in [-0.05, 0) is 36.4 Å². The standard InChI is InChI=1S/C16H14ClFN2O2S/c17-12-7-5-11(6-8-12)16(22)20-19-15(21)9-10-23-14-4-2-1-3-13(14)18/h1-8H,9-10H2,(H,19,21)(H,20,22). The van der Waals surface area contributed by atoms with E-state index in [2.05, 4.69) is 10.9 Å². The molecule has 120 valence electrons. The molecule has 0 atom stereocenters. The smallest absolute Gasteiger partial charge is 0.269 e. The molecule has 0 aromatic heterocycles. The Hall–Kier alpha value is -2.05. The van der Waals surface area contributed by atoms with Gasteiger partial charge in [0.05, 0.1) is 0 Å². The molecule has 0 saturated heterocycles. The van der Waals surface area contributed by atoms with E-state index in [4.69, 9.17) is 11.6 Å². The van der Waals surface area contributed by atoms with Crippen LogP contribution in [0.5, 0.6) is 0 Å². The second-order valence-electron chi connectivity index (χ2n) is 4.54. The first-order valence-corrected chi connectivity index (χ1v) is 8.14. The van der Waals surface area contributed by atoms with E-state index in [0.717, 1.165) is 0 Å². The molecule has 0 aliphatic carbocycles. The van der Waals surface area contributed by atoms with Crippen LogP contribution in [0, 0.1) is 5.82 Å². The summed E-state index contributed by atoms with van der Waals surface area (Å²) in [7, 11) is 0. The Balaban J connectivity index is 1.72. The number of rotatable bonds is 5. The van der Waals surface area contributed by atoms with Gasteiger partial charge in [-0.1, -0.05) is 23.7 Å². The number of carbonyl (C=O) groups is 2. The van der Waals surface area contributed by atoms with Crippen LogP contribution in [0.25, 0.3) is 0 Å². The molecule has 0 unspecified atom stereocenters. The molecule has 2 N–H and O–H groups in total. The number of hydrogen-bond donors (Lipinski definition) is 2. The van der Waals surface area contributed by atoms with E-state index in [0.29, 0.717) is 21.2 Å². The minimum Gasteiger partial charge on any atom is -0.273 e. The van der Waals surface area contributed by atoms with Crippen molar-refractivity contribution in [3.8, 4) is 0 Å². The van der Waals surface area contributed by atoms with Gasteiger partial charge in [0.2, 0.25) is 5.91 Å². The summed E-state index contributed by atoms with van der Waals surface area (Å²) in [5, 5.41) is 0.524. The van der Waals surface area contributed by atoms with Crippen molar-refractivity contribution >= 4 is 35.2 Å². The monoisotopic (exact) mass is 352 g/mol. The summed E-state index contributed by atoms with van der Waals surface area (Å²) in [6, 6.07) is 12.6. The molecule has 0 radical (unpaired) electrons. The topological polar surface area (TPSA) is 58.2 Å². The van der Waals surface area contributed by atoms with Crippen LogP contribution in [-0.4, -0.2) is 17.6 Å². The lowest BCUT2D eigenvalue weighted by Gasteiger charge is -2.07. The van der Waals surface area contributed by atoms with Gasteiger partial charge in [0.25, 0.3) is 5.91 Å². The zero-order valence-corrected chi connectivity index (χ0v) is 13.6. The van der Waals surface area contributed by atoms with E-state index >= 15 is 0 Å². The van der Waals surface area contributed by atoms with E-state index in [1.165, 1.54) is 17.8 Å². The normalized spacial score (nSPS) is 10.2. The minimum atomic E-state index is -0.434. The Morgan fingerprint density at radius 3 is 2.43 bits per heavy atom. The van der Waals surface area contributed by atoms with Gasteiger partial charge in [-0.15, -0.1) is 11.8 Å². The number of amides is 2. The number of hydrogen-bond acceptors (Lipinski definition) is 3. The molecule has 2 rings (SSSR count). The van der Waals surface area contributed by atoms with Crippen molar-refractivity contribution in [2.45, 2.75) is 11.3 Å². The van der Waals surface area contributed by atoms with Crippen LogP contribution < -0.4 is 10.9 Å². The number of halogens is 2. The number of hydrazine groups is 1. The van der Waals surface area contributed by atoms with Gasteiger partial charge in [-0.2, -0.15) is 0 Å². The average Bonchev–Trinajstić information content (AvgIpc) is 2.55. The molecule has 0 spiro atoms. The van der Waals surface area contributed by atoms with Gasteiger partial charge in [0.15, 0.2) is 0 Å². The molecule has 0 fully saturated rings. The highest BCUT2D eigenvalue weighted by molar-refractivity contribution is 7.99. The zero-order valence-electron chi connectivity index (χ0n) is 12.0. The first kappa shape index (κ1) is 17.3. The number of benzene rings is 2. The summed E-state index contributed by atoms with van der Waals surface area (Å²) in [5.41, 5.74) is 5.02. The summed E-state index contributed by atoms with van der Waals surface area (Å²) >= 11 is 6.98. The van der Waals surface area contributed by atoms with Crippen LogP contribution in [0.4, 0.5) is 4.39 Å². The van der Waals surface area contributed by atoms with Crippen LogP contribution in [-0.2, 0) is 4.79 Å². The van der Waals surface area contributed by atoms with Gasteiger partial charge >= 0.3 is 0 Å². The van der Waals surface area contributed by atoms with Crippen LogP contribution in [0.15, 0.2) is 53.4 Å². The van der Waals surface area contributed by atoms with Crippen molar-refractivity contribution in [1.82, 2.24) is 10.9 Å². The van der Waals surface area contributed by atoms with Gasteiger partial charge in [-0.3, -0.25) is 20.4 Å². The molecule has 2 aromatic carbocycles. The second kappa shape index (κ2) is 8.55. The quantitative estimate of drug-likeness (QED) is 0.640. The molecule has 2 amide bonds.